The van der Waals surface area contributed by atoms with E-state index in [1.54, 1.807) is 24.3 Å². The lowest BCUT2D eigenvalue weighted by Gasteiger charge is -2.11. The highest BCUT2D eigenvalue weighted by Gasteiger charge is 2.20. The monoisotopic (exact) mass is 424 g/mol. The number of hydrogen-bond donors (Lipinski definition) is 1. The molecule has 32 heavy (non-hydrogen) atoms. The van der Waals surface area contributed by atoms with Crippen molar-refractivity contribution in [1.82, 2.24) is 9.78 Å². The summed E-state index contributed by atoms with van der Waals surface area (Å²) in [7, 11) is 1.52. The highest BCUT2D eigenvalue weighted by molar-refractivity contribution is 5.91. The Bertz CT molecular complexity index is 1260. The fourth-order valence-corrected chi connectivity index (χ4v) is 3.04. The quantitative estimate of drug-likeness (QED) is 0.425. The van der Waals surface area contributed by atoms with Gasteiger partial charge in [-0.2, -0.15) is 20.9 Å². The summed E-state index contributed by atoms with van der Waals surface area (Å²) in [6.45, 7) is 0.393. The van der Waals surface area contributed by atoms with Crippen LogP contribution in [0.25, 0.3) is 17.3 Å². The molecule has 0 radical (unpaired) electrons. The Morgan fingerprint density at radius 3 is 2.56 bits per heavy atom. The van der Waals surface area contributed by atoms with Gasteiger partial charge in [0.25, 0.3) is 0 Å². The summed E-state index contributed by atoms with van der Waals surface area (Å²) >= 11 is 0. The molecule has 0 aliphatic rings. The summed E-state index contributed by atoms with van der Waals surface area (Å²) in [5, 5.41) is 32.5. The van der Waals surface area contributed by atoms with Gasteiger partial charge in [-0.25, -0.2) is 4.68 Å². The number of para-hydroxylation sites is 1. The van der Waals surface area contributed by atoms with E-state index in [4.69, 9.17) is 20.5 Å². The smallest absolute Gasteiger partial charge is 0.161 e. The lowest BCUT2D eigenvalue weighted by atomic mass is 10.1. The maximum Gasteiger partial charge on any atom is 0.161 e. The van der Waals surface area contributed by atoms with E-state index in [1.807, 2.05) is 30.3 Å². The van der Waals surface area contributed by atoms with E-state index in [9.17, 15) is 10.5 Å². The van der Waals surface area contributed by atoms with Crippen LogP contribution in [0.15, 0.2) is 48.5 Å². The standard InChI is InChI=1S/C24H20N6O2/c1-31-22-14-17(9-10-21(22)32-12-6-5-11-25)13-18(15-26)23-20(16-27)24(28)30(29-23)19-7-3-2-4-8-19/h2-4,7-10,13-14H,5-6,12,28H2,1H3/b18-13+. The summed E-state index contributed by atoms with van der Waals surface area (Å²) in [6.07, 6.45) is 2.64. The molecule has 0 saturated heterocycles. The molecule has 0 aliphatic heterocycles. The molecule has 8 heteroatoms. The van der Waals surface area contributed by atoms with E-state index in [2.05, 4.69) is 23.3 Å². The fraction of sp³-hybridized carbons (Fsp3) is 0.167. The SMILES string of the molecule is COc1cc(/C=C(\C#N)c2nn(-c3ccccc3)c(N)c2C#N)ccc1OCCCC#N. The number of benzene rings is 2. The van der Waals surface area contributed by atoms with E-state index < -0.39 is 0 Å². The molecule has 0 fully saturated rings. The molecule has 0 bridgehead atoms. The first kappa shape index (κ1) is 22.0. The maximum absolute atomic E-state index is 9.78. The van der Waals surface area contributed by atoms with Crippen molar-refractivity contribution < 1.29 is 9.47 Å². The van der Waals surface area contributed by atoms with Crippen molar-refractivity contribution in [3.8, 4) is 35.4 Å². The van der Waals surface area contributed by atoms with Crippen LogP contribution < -0.4 is 15.2 Å². The molecule has 0 unspecified atom stereocenters. The first-order valence-electron chi connectivity index (χ1n) is 9.77. The third-order valence-electron chi connectivity index (χ3n) is 4.60. The molecule has 0 aliphatic carbocycles. The van der Waals surface area contributed by atoms with Crippen LogP contribution in [-0.2, 0) is 0 Å². The van der Waals surface area contributed by atoms with Crippen LogP contribution in [-0.4, -0.2) is 23.5 Å². The van der Waals surface area contributed by atoms with E-state index in [-0.39, 0.29) is 22.6 Å². The summed E-state index contributed by atoms with van der Waals surface area (Å²) in [5.41, 5.74) is 8.02. The van der Waals surface area contributed by atoms with Crippen molar-refractivity contribution in [1.29, 1.82) is 15.8 Å². The molecule has 2 aromatic carbocycles. The Morgan fingerprint density at radius 1 is 1.12 bits per heavy atom. The van der Waals surface area contributed by atoms with Gasteiger partial charge in [0, 0.05) is 6.42 Å². The number of allylic oxidation sites excluding steroid dienone is 1. The van der Waals surface area contributed by atoms with Gasteiger partial charge in [0.1, 0.15) is 29.2 Å². The zero-order valence-electron chi connectivity index (χ0n) is 17.4. The number of ether oxygens (including phenoxy) is 2. The molecule has 0 amide bonds. The summed E-state index contributed by atoms with van der Waals surface area (Å²) in [4.78, 5) is 0. The Hall–Kier alpha value is -4.74. The van der Waals surface area contributed by atoms with Crippen LogP contribution in [0.3, 0.4) is 0 Å². The minimum absolute atomic E-state index is 0.131. The summed E-state index contributed by atoms with van der Waals surface area (Å²) < 4.78 is 12.5. The van der Waals surface area contributed by atoms with Crippen molar-refractivity contribution in [3.63, 3.8) is 0 Å². The van der Waals surface area contributed by atoms with Crippen LogP contribution in [0.2, 0.25) is 0 Å². The van der Waals surface area contributed by atoms with Crippen molar-refractivity contribution in [2.45, 2.75) is 12.8 Å². The molecular weight excluding hydrogens is 404 g/mol. The molecule has 0 saturated carbocycles. The Morgan fingerprint density at radius 2 is 1.91 bits per heavy atom. The fourth-order valence-electron chi connectivity index (χ4n) is 3.04. The van der Waals surface area contributed by atoms with Gasteiger partial charge in [0.05, 0.1) is 31.0 Å². The number of nitrogens with zero attached hydrogens (tertiary/aromatic N) is 5. The number of anilines is 1. The van der Waals surface area contributed by atoms with Gasteiger partial charge in [0.2, 0.25) is 0 Å². The van der Waals surface area contributed by atoms with Gasteiger partial charge >= 0.3 is 0 Å². The molecule has 158 valence electrons. The largest absolute Gasteiger partial charge is 0.493 e. The zero-order valence-corrected chi connectivity index (χ0v) is 17.4. The van der Waals surface area contributed by atoms with Crippen molar-refractivity contribution >= 4 is 17.5 Å². The van der Waals surface area contributed by atoms with Crippen molar-refractivity contribution in [2.75, 3.05) is 19.5 Å². The number of nitrogen functional groups attached to an aromatic ring is 1. The van der Waals surface area contributed by atoms with Crippen LogP contribution in [0, 0.1) is 34.0 Å². The Labute approximate surface area is 185 Å². The van der Waals surface area contributed by atoms with Crippen LogP contribution in [0.1, 0.15) is 29.7 Å². The minimum Gasteiger partial charge on any atom is -0.493 e. The number of unbranched alkanes of at least 4 members (excludes halogenated alkanes) is 1. The molecular formula is C24H20N6O2. The predicted molar refractivity (Wildman–Crippen MR) is 120 cm³/mol. The predicted octanol–water partition coefficient (Wildman–Crippen LogP) is 4.08. The average molecular weight is 424 g/mol. The van der Waals surface area contributed by atoms with Gasteiger partial charge in [-0.3, -0.25) is 0 Å². The molecule has 2 N–H and O–H groups in total. The van der Waals surface area contributed by atoms with E-state index in [1.165, 1.54) is 11.8 Å². The number of nitriles is 3. The topological polar surface area (TPSA) is 134 Å². The van der Waals surface area contributed by atoms with Gasteiger partial charge in [-0.15, -0.1) is 0 Å². The molecule has 0 atom stereocenters. The normalized spacial score (nSPS) is 10.6. The minimum atomic E-state index is 0.131. The van der Waals surface area contributed by atoms with E-state index in [0.29, 0.717) is 42.2 Å². The number of aromatic nitrogens is 2. The molecule has 3 rings (SSSR count). The number of hydrogen-bond acceptors (Lipinski definition) is 7. The maximum atomic E-state index is 9.78. The molecule has 1 heterocycles. The number of nitrogens with two attached hydrogens (primary N) is 1. The van der Waals surface area contributed by atoms with Crippen LogP contribution in [0.4, 0.5) is 5.82 Å². The van der Waals surface area contributed by atoms with Crippen LogP contribution in [0.5, 0.6) is 11.5 Å². The van der Waals surface area contributed by atoms with Crippen molar-refractivity contribution in [2.24, 2.45) is 0 Å². The average Bonchev–Trinajstić information content (AvgIpc) is 3.17. The first-order chi connectivity index (χ1) is 15.6. The molecule has 1 aromatic heterocycles. The van der Waals surface area contributed by atoms with Gasteiger partial charge in [0.15, 0.2) is 11.5 Å². The Balaban J connectivity index is 1.97. The highest BCUT2D eigenvalue weighted by atomic mass is 16.5. The first-order valence-corrected chi connectivity index (χ1v) is 9.77. The van der Waals surface area contributed by atoms with Gasteiger partial charge in [-0.1, -0.05) is 24.3 Å². The molecule has 8 nitrogen and oxygen atoms in total. The molecule has 3 aromatic rings. The summed E-state index contributed by atoms with van der Waals surface area (Å²) in [6, 6.07) is 20.6. The lowest BCUT2D eigenvalue weighted by molar-refractivity contribution is 0.291. The Kier molecular flexibility index (Phi) is 7.09. The van der Waals surface area contributed by atoms with Crippen LogP contribution >= 0.6 is 0 Å². The van der Waals surface area contributed by atoms with Crippen molar-refractivity contribution in [3.05, 3.63) is 65.4 Å². The van der Waals surface area contributed by atoms with E-state index in [0.717, 1.165) is 0 Å². The highest BCUT2D eigenvalue weighted by Crippen LogP contribution is 2.31. The lowest BCUT2D eigenvalue weighted by Crippen LogP contribution is -2.02. The van der Waals surface area contributed by atoms with E-state index >= 15 is 0 Å². The van der Waals surface area contributed by atoms with Gasteiger partial charge in [-0.05, 0) is 42.3 Å². The second-order valence-corrected chi connectivity index (χ2v) is 6.66. The number of rotatable bonds is 8. The third-order valence-corrected chi connectivity index (χ3v) is 4.60. The third kappa shape index (κ3) is 4.70. The second kappa shape index (κ2) is 10.3. The zero-order chi connectivity index (χ0) is 22.9. The number of methoxy groups -OCH3 is 1. The second-order valence-electron chi connectivity index (χ2n) is 6.66. The summed E-state index contributed by atoms with van der Waals surface area (Å²) in [5.74, 6) is 1.19. The van der Waals surface area contributed by atoms with Gasteiger partial charge < -0.3 is 15.2 Å². The molecule has 0 spiro atoms.